The molecule has 0 saturated carbocycles. The normalized spacial score (nSPS) is 10.1. The van der Waals surface area contributed by atoms with Crippen molar-refractivity contribution in [3.63, 3.8) is 0 Å². The van der Waals surface area contributed by atoms with Crippen molar-refractivity contribution in [1.82, 2.24) is 20.2 Å². The third kappa shape index (κ3) is 1.71. The Morgan fingerprint density at radius 2 is 2.20 bits per heavy atom. The number of anilines is 1. The lowest BCUT2D eigenvalue weighted by Crippen LogP contribution is -2.05. The lowest BCUT2D eigenvalue weighted by atomic mass is 10.1. The van der Waals surface area contributed by atoms with E-state index in [1.54, 1.807) is 0 Å². The number of hydrogen-bond donors (Lipinski definition) is 1. The molecule has 1 aromatic carbocycles. The van der Waals surface area contributed by atoms with E-state index in [1.165, 1.54) is 4.68 Å². The van der Waals surface area contributed by atoms with E-state index in [2.05, 4.69) is 22.1 Å². The molecule has 0 aliphatic carbocycles. The van der Waals surface area contributed by atoms with Gasteiger partial charge in [-0.25, -0.2) is 0 Å². The van der Waals surface area contributed by atoms with Gasteiger partial charge in [0.15, 0.2) is 0 Å². The predicted molar refractivity (Wildman–Crippen MR) is 57.5 cm³/mol. The van der Waals surface area contributed by atoms with Crippen molar-refractivity contribution in [2.45, 2.75) is 6.42 Å². The number of benzene rings is 1. The van der Waals surface area contributed by atoms with Crippen LogP contribution in [0.3, 0.4) is 0 Å². The first-order valence-electron chi connectivity index (χ1n) is 4.56. The summed E-state index contributed by atoms with van der Waals surface area (Å²) in [5.41, 5.74) is 7.62. The molecule has 76 valence electrons. The molecule has 0 spiro atoms. The Balaban J connectivity index is 2.52. The van der Waals surface area contributed by atoms with E-state index in [0.29, 0.717) is 0 Å². The molecule has 5 nitrogen and oxygen atoms in total. The minimum atomic E-state index is 0.284. The number of nitrogens with zero attached hydrogens (tertiary/aromatic N) is 4. The third-order valence-corrected chi connectivity index (χ3v) is 2.08. The Hall–Kier alpha value is -2.17. The van der Waals surface area contributed by atoms with Crippen LogP contribution in [-0.4, -0.2) is 20.2 Å². The van der Waals surface area contributed by atoms with Gasteiger partial charge < -0.3 is 5.73 Å². The molecule has 0 fully saturated rings. The molecule has 0 bridgehead atoms. The number of rotatable bonds is 3. The Labute approximate surface area is 87.2 Å². The number of hydrogen-bond acceptors (Lipinski definition) is 4. The van der Waals surface area contributed by atoms with E-state index >= 15 is 0 Å². The lowest BCUT2D eigenvalue weighted by molar-refractivity contribution is 0.786. The van der Waals surface area contributed by atoms with Crippen LogP contribution in [0.5, 0.6) is 0 Å². The zero-order valence-corrected chi connectivity index (χ0v) is 8.17. The average Bonchev–Trinajstić information content (AvgIpc) is 2.66. The van der Waals surface area contributed by atoms with Gasteiger partial charge in [-0.3, -0.25) is 0 Å². The Bertz CT molecular complexity index is 474. The van der Waals surface area contributed by atoms with Crippen molar-refractivity contribution in [3.8, 4) is 5.69 Å². The van der Waals surface area contributed by atoms with Crippen molar-refractivity contribution in [2.75, 3.05) is 5.73 Å². The molecule has 0 amide bonds. The van der Waals surface area contributed by atoms with Crippen LogP contribution in [0.2, 0.25) is 0 Å². The first-order chi connectivity index (χ1) is 7.33. The summed E-state index contributed by atoms with van der Waals surface area (Å²) in [5.74, 6) is 0.284. The van der Waals surface area contributed by atoms with Gasteiger partial charge in [0.2, 0.25) is 5.95 Å². The monoisotopic (exact) mass is 201 g/mol. The second-order valence-corrected chi connectivity index (χ2v) is 3.07. The summed E-state index contributed by atoms with van der Waals surface area (Å²) in [6, 6.07) is 7.80. The molecule has 0 saturated heterocycles. The summed E-state index contributed by atoms with van der Waals surface area (Å²) in [4.78, 5) is 0. The fourth-order valence-corrected chi connectivity index (χ4v) is 1.41. The van der Waals surface area contributed by atoms with Gasteiger partial charge in [0.1, 0.15) is 0 Å². The third-order valence-electron chi connectivity index (χ3n) is 2.08. The maximum atomic E-state index is 5.64. The molecule has 0 unspecified atom stereocenters. The quantitative estimate of drug-likeness (QED) is 0.751. The highest BCUT2D eigenvalue weighted by molar-refractivity contribution is 5.44. The highest BCUT2D eigenvalue weighted by Gasteiger charge is 2.07. The summed E-state index contributed by atoms with van der Waals surface area (Å²) in [7, 11) is 0. The van der Waals surface area contributed by atoms with Crippen LogP contribution < -0.4 is 5.73 Å². The average molecular weight is 201 g/mol. The molecule has 0 atom stereocenters. The van der Waals surface area contributed by atoms with Crippen LogP contribution in [0.1, 0.15) is 5.56 Å². The second-order valence-electron chi connectivity index (χ2n) is 3.07. The zero-order chi connectivity index (χ0) is 10.7. The van der Waals surface area contributed by atoms with Crippen LogP contribution >= 0.6 is 0 Å². The fraction of sp³-hybridized carbons (Fsp3) is 0.100. The molecule has 5 heteroatoms. The van der Waals surface area contributed by atoms with Gasteiger partial charge in [-0.15, -0.1) is 6.58 Å². The number of nitrogen functional groups attached to an aromatic ring is 1. The van der Waals surface area contributed by atoms with E-state index in [0.717, 1.165) is 17.7 Å². The smallest absolute Gasteiger partial charge is 0.245 e. The molecule has 15 heavy (non-hydrogen) atoms. The van der Waals surface area contributed by atoms with Gasteiger partial charge in [0.25, 0.3) is 0 Å². The van der Waals surface area contributed by atoms with Gasteiger partial charge >= 0.3 is 0 Å². The SMILES string of the molecule is C=CCc1ccccc1-n1nnnc1N. The van der Waals surface area contributed by atoms with Crippen molar-refractivity contribution in [3.05, 3.63) is 42.5 Å². The van der Waals surface area contributed by atoms with E-state index < -0.39 is 0 Å². The summed E-state index contributed by atoms with van der Waals surface area (Å²) in [6.07, 6.45) is 2.59. The van der Waals surface area contributed by atoms with Crippen LogP contribution in [0.15, 0.2) is 36.9 Å². The summed E-state index contributed by atoms with van der Waals surface area (Å²) < 4.78 is 1.51. The number of allylic oxidation sites excluding steroid dienone is 1. The first kappa shape index (κ1) is 9.39. The maximum absolute atomic E-state index is 5.64. The maximum Gasteiger partial charge on any atom is 0.245 e. The Morgan fingerprint density at radius 3 is 2.87 bits per heavy atom. The highest BCUT2D eigenvalue weighted by Crippen LogP contribution is 2.15. The summed E-state index contributed by atoms with van der Waals surface area (Å²) in [6.45, 7) is 3.71. The summed E-state index contributed by atoms with van der Waals surface area (Å²) in [5, 5.41) is 11.0. The van der Waals surface area contributed by atoms with Crippen LogP contribution in [-0.2, 0) is 6.42 Å². The number of para-hydroxylation sites is 1. The topological polar surface area (TPSA) is 69.6 Å². The fourth-order valence-electron chi connectivity index (χ4n) is 1.41. The predicted octanol–water partition coefficient (Wildman–Crippen LogP) is 0.973. The summed E-state index contributed by atoms with van der Waals surface area (Å²) >= 11 is 0. The Kier molecular flexibility index (Phi) is 2.45. The van der Waals surface area contributed by atoms with Gasteiger partial charge in [-0.05, 0) is 28.5 Å². The molecule has 0 aliphatic rings. The van der Waals surface area contributed by atoms with E-state index in [9.17, 15) is 0 Å². The van der Waals surface area contributed by atoms with Gasteiger partial charge in [0, 0.05) is 0 Å². The molecule has 2 rings (SSSR count). The van der Waals surface area contributed by atoms with Crippen LogP contribution in [0.4, 0.5) is 5.95 Å². The standard InChI is InChI=1S/C10H11N5/c1-2-5-8-6-3-4-7-9(8)15-10(11)12-13-14-15/h2-4,6-7H,1,5H2,(H2,11,12,14). The van der Waals surface area contributed by atoms with Gasteiger partial charge in [-0.1, -0.05) is 29.4 Å². The van der Waals surface area contributed by atoms with E-state index in [1.807, 2.05) is 30.3 Å². The van der Waals surface area contributed by atoms with E-state index in [4.69, 9.17) is 5.73 Å². The van der Waals surface area contributed by atoms with Crippen LogP contribution in [0.25, 0.3) is 5.69 Å². The second kappa shape index (κ2) is 3.91. The molecule has 2 N–H and O–H groups in total. The Morgan fingerprint density at radius 1 is 1.40 bits per heavy atom. The molecule has 1 aromatic heterocycles. The van der Waals surface area contributed by atoms with E-state index in [-0.39, 0.29) is 5.95 Å². The molecule has 2 aromatic rings. The number of nitrogens with two attached hydrogens (primary N) is 1. The molecule has 0 aliphatic heterocycles. The van der Waals surface area contributed by atoms with Crippen molar-refractivity contribution < 1.29 is 0 Å². The molecular weight excluding hydrogens is 190 g/mol. The zero-order valence-electron chi connectivity index (χ0n) is 8.17. The number of tetrazole rings is 1. The molecular formula is C10H11N5. The van der Waals surface area contributed by atoms with Crippen LogP contribution in [0, 0.1) is 0 Å². The first-order valence-corrected chi connectivity index (χ1v) is 4.56. The largest absolute Gasteiger partial charge is 0.366 e. The highest BCUT2D eigenvalue weighted by atomic mass is 15.6. The molecule has 0 radical (unpaired) electrons. The van der Waals surface area contributed by atoms with Crippen molar-refractivity contribution >= 4 is 5.95 Å². The minimum absolute atomic E-state index is 0.284. The van der Waals surface area contributed by atoms with Crippen molar-refractivity contribution in [2.24, 2.45) is 0 Å². The van der Waals surface area contributed by atoms with Crippen molar-refractivity contribution in [1.29, 1.82) is 0 Å². The minimum Gasteiger partial charge on any atom is -0.366 e. The molecule has 1 heterocycles. The van der Waals surface area contributed by atoms with Gasteiger partial charge in [0.05, 0.1) is 5.69 Å². The lowest BCUT2D eigenvalue weighted by Gasteiger charge is -2.06. The van der Waals surface area contributed by atoms with Gasteiger partial charge in [-0.2, -0.15) is 4.68 Å². The number of aromatic nitrogens is 4.